The van der Waals surface area contributed by atoms with E-state index in [0.29, 0.717) is 22.0 Å². The average molecular weight is 468 g/mol. The molecule has 2 N–H and O–H groups in total. The van der Waals surface area contributed by atoms with Crippen LogP contribution < -0.4 is 19.9 Å². The molecule has 0 unspecified atom stereocenters. The Hall–Kier alpha value is -1.76. The first-order valence-electron chi connectivity index (χ1n) is 9.46. The molecule has 1 aliphatic heterocycles. The first kappa shape index (κ1) is 21.0. The molecule has 1 fully saturated rings. The molecular weight excluding hydrogens is 442 g/mol. The smallest absolute Gasteiger partial charge is 0.259 e. The maximum absolute atomic E-state index is 12.8. The SMILES string of the molecule is CC[NH+]1CCN(c2ccc(NC(=O)c3cc(Br)cc(C)c3OC)cc2Cl)CC1. The van der Waals surface area contributed by atoms with Gasteiger partial charge in [0.2, 0.25) is 0 Å². The van der Waals surface area contributed by atoms with E-state index in [2.05, 4.69) is 33.1 Å². The Morgan fingerprint density at radius 1 is 1.29 bits per heavy atom. The molecule has 1 aliphatic rings. The van der Waals surface area contributed by atoms with Gasteiger partial charge in [-0.25, -0.2) is 0 Å². The van der Waals surface area contributed by atoms with Crippen molar-refractivity contribution >= 4 is 44.8 Å². The minimum absolute atomic E-state index is 0.231. The molecule has 28 heavy (non-hydrogen) atoms. The summed E-state index contributed by atoms with van der Waals surface area (Å²) in [5.41, 5.74) is 3.05. The van der Waals surface area contributed by atoms with Crippen molar-refractivity contribution in [1.29, 1.82) is 0 Å². The van der Waals surface area contributed by atoms with E-state index in [9.17, 15) is 4.79 Å². The number of methoxy groups -OCH3 is 1. The van der Waals surface area contributed by atoms with Crippen LogP contribution in [0.15, 0.2) is 34.8 Å². The lowest BCUT2D eigenvalue weighted by Gasteiger charge is -2.33. The minimum Gasteiger partial charge on any atom is -0.496 e. The molecule has 0 saturated carbocycles. The molecule has 7 heteroatoms. The lowest BCUT2D eigenvalue weighted by Crippen LogP contribution is -3.14. The van der Waals surface area contributed by atoms with Crippen LogP contribution in [-0.2, 0) is 0 Å². The number of likely N-dealkylation sites (N-methyl/N-ethyl adjacent to an activating group) is 1. The van der Waals surface area contributed by atoms with E-state index in [-0.39, 0.29) is 5.91 Å². The number of carbonyl (C=O) groups excluding carboxylic acids is 1. The minimum atomic E-state index is -0.231. The molecule has 2 aromatic carbocycles. The molecular formula is C21H26BrClN3O2+. The number of amides is 1. The van der Waals surface area contributed by atoms with E-state index in [4.69, 9.17) is 16.3 Å². The second-order valence-corrected chi connectivity index (χ2v) is 8.34. The highest BCUT2D eigenvalue weighted by Crippen LogP contribution is 2.31. The molecule has 0 bridgehead atoms. The normalized spacial score (nSPS) is 14.8. The summed E-state index contributed by atoms with van der Waals surface area (Å²) in [7, 11) is 1.57. The van der Waals surface area contributed by atoms with Gasteiger partial charge in [-0.15, -0.1) is 0 Å². The van der Waals surface area contributed by atoms with Gasteiger partial charge in [-0.1, -0.05) is 27.5 Å². The Morgan fingerprint density at radius 3 is 2.61 bits per heavy atom. The first-order chi connectivity index (χ1) is 13.4. The predicted molar refractivity (Wildman–Crippen MR) is 118 cm³/mol. The second-order valence-electron chi connectivity index (χ2n) is 7.01. The third-order valence-electron chi connectivity index (χ3n) is 5.20. The van der Waals surface area contributed by atoms with Gasteiger partial charge in [0.1, 0.15) is 5.75 Å². The van der Waals surface area contributed by atoms with Gasteiger partial charge >= 0.3 is 0 Å². The van der Waals surface area contributed by atoms with Crippen LogP contribution in [0.3, 0.4) is 0 Å². The van der Waals surface area contributed by atoms with Crippen molar-refractivity contribution in [3.8, 4) is 5.75 Å². The third-order valence-corrected chi connectivity index (χ3v) is 5.97. The van der Waals surface area contributed by atoms with E-state index in [1.807, 2.05) is 31.2 Å². The Kier molecular flexibility index (Phi) is 6.86. The van der Waals surface area contributed by atoms with Crippen molar-refractivity contribution in [3.05, 3.63) is 51.0 Å². The zero-order valence-electron chi connectivity index (χ0n) is 16.4. The van der Waals surface area contributed by atoms with Crippen molar-refractivity contribution in [1.82, 2.24) is 0 Å². The topological polar surface area (TPSA) is 46.0 Å². The summed E-state index contributed by atoms with van der Waals surface area (Å²) < 4.78 is 6.24. The Labute approximate surface area is 179 Å². The molecule has 0 aromatic heterocycles. The molecule has 3 rings (SSSR count). The largest absolute Gasteiger partial charge is 0.496 e. The highest BCUT2D eigenvalue weighted by molar-refractivity contribution is 9.10. The number of hydrogen-bond donors (Lipinski definition) is 2. The Bertz CT molecular complexity index is 867. The highest BCUT2D eigenvalue weighted by atomic mass is 79.9. The molecule has 0 atom stereocenters. The van der Waals surface area contributed by atoms with E-state index in [0.717, 1.165) is 48.4 Å². The van der Waals surface area contributed by atoms with Crippen molar-refractivity contribution < 1.29 is 14.4 Å². The molecule has 2 aromatic rings. The third kappa shape index (κ3) is 4.62. The van der Waals surface area contributed by atoms with Gasteiger partial charge in [-0.2, -0.15) is 0 Å². The fourth-order valence-electron chi connectivity index (χ4n) is 3.63. The Balaban J connectivity index is 1.76. The van der Waals surface area contributed by atoms with Crippen LogP contribution >= 0.6 is 27.5 Å². The number of benzene rings is 2. The highest BCUT2D eigenvalue weighted by Gasteiger charge is 2.21. The van der Waals surface area contributed by atoms with E-state index >= 15 is 0 Å². The molecule has 1 saturated heterocycles. The maximum Gasteiger partial charge on any atom is 0.259 e. The van der Waals surface area contributed by atoms with Gasteiger partial charge in [0.25, 0.3) is 5.91 Å². The van der Waals surface area contributed by atoms with Gasteiger partial charge in [0.15, 0.2) is 0 Å². The molecule has 0 aliphatic carbocycles. The van der Waals surface area contributed by atoms with Crippen LogP contribution in [0.4, 0.5) is 11.4 Å². The molecule has 5 nitrogen and oxygen atoms in total. The summed E-state index contributed by atoms with van der Waals surface area (Å²) in [5.74, 6) is 0.338. The van der Waals surface area contributed by atoms with E-state index < -0.39 is 0 Å². The summed E-state index contributed by atoms with van der Waals surface area (Å²) in [4.78, 5) is 16.7. The zero-order chi connectivity index (χ0) is 20.3. The number of hydrogen-bond acceptors (Lipinski definition) is 3. The predicted octanol–water partition coefficient (Wildman–Crippen LogP) is 3.40. The second kappa shape index (κ2) is 9.16. The standard InChI is InChI=1S/C21H25BrClN3O2/c1-4-25-7-9-26(10-8-25)19-6-5-16(13-18(19)23)24-21(27)17-12-15(22)11-14(2)20(17)28-3/h5-6,11-13H,4,7-10H2,1-3H3,(H,24,27)/p+1. The molecule has 0 spiro atoms. The van der Waals surface area contributed by atoms with Gasteiger partial charge in [0, 0.05) is 10.2 Å². The lowest BCUT2D eigenvalue weighted by molar-refractivity contribution is -0.898. The summed E-state index contributed by atoms with van der Waals surface area (Å²) in [6.07, 6.45) is 0. The van der Waals surface area contributed by atoms with Crippen LogP contribution in [0, 0.1) is 6.92 Å². The van der Waals surface area contributed by atoms with Gasteiger partial charge in [-0.05, 0) is 49.7 Å². The molecule has 1 heterocycles. The molecule has 150 valence electrons. The van der Waals surface area contributed by atoms with Crippen LogP contribution in [0.1, 0.15) is 22.8 Å². The zero-order valence-corrected chi connectivity index (χ0v) is 18.8. The first-order valence-corrected chi connectivity index (χ1v) is 10.6. The van der Waals surface area contributed by atoms with Crippen molar-refractivity contribution in [2.75, 3.05) is 50.1 Å². The van der Waals surface area contributed by atoms with Crippen LogP contribution in [-0.4, -0.2) is 45.7 Å². The fourth-order valence-corrected chi connectivity index (χ4v) is 4.50. The number of quaternary nitrogens is 1. The van der Waals surface area contributed by atoms with Crippen LogP contribution in [0.5, 0.6) is 5.75 Å². The number of piperazine rings is 1. The molecule has 1 amide bonds. The number of anilines is 2. The maximum atomic E-state index is 12.8. The lowest BCUT2D eigenvalue weighted by atomic mass is 10.1. The quantitative estimate of drug-likeness (QED) is 0.708. The van der Waals surface area contributed by atoms with Crippen LogP contribution in [0.25, 0.3) is 0 Å². The summed E-state index contributed by atoms with van der Waals surface area (Å²) in [6, 6.07) is 9.37. The number of carbonyl (C=O) groups is 1. The van der Waals surface area contributed by atoms with E-state index in [1.165, 1.54) is 0 Å². The number of nitrogens with zero attached hydrogens (tertiary/aromatic N) is 1. The van der Waals surface area contributed by atoms with Gasteiger partial charge in [0.05, 0.1) is 56.1 Å². The van der Waals surface area contributed by atoms with Crippen LogP contribution in [0.2, 0.25) is 5.02 Å². The number of ether oxygens (including phenoxy) is 1. The fraction of sp³-hybridized carbons (Fsp3) is 0.381. The van der Waals surface area contributed by atoms with E-state index in [1.54, 1.807) is 18.1 Å². The van der Waals surface area contributed by atoms with Crippen molar-refractivity contribution in [2.45, 2.75) is 13.8 Å². The summed E-state index contributed by atoms with van der Waals surface area (Å²) in [6.45, 7) is 9.50. The summed E-state index contributed by atoms with van der Waals surface area (Å²) >= 11 is 9.98. The van der Waals surface area contributed by atoms with Gasteiger partial charge < -0.3 is 19.9 Å². The summed E-state index contributed by atoms with van der Waals surface area (Å²) in [5, 5.41) is 3.58. The average Bonchev–Trinajstić information content (AvgIpc) is 2.67. The van der Waals surface area contributed by atoms with Crippen molar-refractivity contribution in [2.24, 2.45) is 0 Å². The monoisotopic (exact) mass is 466 g/mol. The van der Waals surface area contributed by atoms with Crippen molar-refractivity contribution in [3.63, 3.8) is 0 Å². The number of nitrogens with one attached hydrogen (secondary N) is 2. The number of aryl methyl sites for hydroxylation is 1. The Morgan fingerprint density at radius 2 is 2.00 bits per heavy atom. The van der Waals surface area contributed by atoms with Gasteiger partial charge in [-0.3, -0.25) is 4.79 Å². The molecule has 0 radical (unpaired) electrons. The number of halogens is 2. The number of rotatable bonds is 5.